The predicted octanol–water partition coefficient (Wildman–Crippen LogP) is 2.14. The van der Waals surface area contributed by atoms with Crippen molar-refractivity contribution in [3.8, 4) is 22.9 Å². The van der Waals surface area contributed by atoms with Crippen LogP contribution in [0, 0.1) is 0 Å². The van der Waals surface area contributed by atoms with E-state index in [0.717, 1.165) is 17.1 Å². The van der Waals surface area contributed by atoms with Crippen LogP contribution in [0.1, 0.15) is 16.1 Å². The second kappa shape index (κ2) is 6.27. The number of rotatable bonds is 4. The zero-order valence-electron chi connectivity index (χ0n) is 13.6. The highest BCUT2D eigenvalue weighted by atomic mass is 16.7. The molecule has 7 nitrogen and oxygen atoms in total. The zero-order valence-corrected chi connectivity index (χ0v) is 13.6. The summed E-state index contributed by atoms with van der Waals surface area (Å²) < 4.78 is 12.3. The lowest BCUT2D eigenvalue weighted by molar-refractivity contribution is 0.0950. The van der Waals surface area contributed by atoms with E-state index in [2.05, 4.69) is 15.4 Å². The molecule has 7 heteroatoms. The van der Waals surface area contributed by atoms with E-state index in [1.807, 2.05) is 31.3 Å². The third-order valence-corrected chi connectivity index (χ3v) is 3.92. The molecule has 0 bridgehead atoms. The van der Waals surface area contributed by atoms with Crippen LogP contribution in [0.15, 0.2) is 48.7 Å². The minimum absolute atomic E-state index is 0.185. The number of aromatic nitrogens is 3. The third kappa shape index (κ3) is 3.03. The Morgan fingerprint density at radius 2 is 2.08 bits per heavy atom. The number of carbonyl (C=O) groups is 1. The van der Waals surface area contributed by atoms with Crippen LogP contribution in [0.2, 0.25) is 0 Å². The van der Waals surface area contributed by atoms with E-state index >= 15 is 0 Å². The van der Waals surface area contributed by atoms with E-state index in [1.165, 1.54) is 0 Å². The monoisotopic (exact) mass is 336 g/mol. The molecule has 3 heterocycles. The Balaban J connectivity index is 1.46. The lowest BCUT2D eigenvalue weighted by atomic mass is 10.2. The molecule has 1 aliphatic rings. The Hall–Kier alpha value is -3.35. The number of hydrogen-bond acceptors (Lipinski definition) is 5. The van der Waals surface area contributed by atoms with Crippen molar-refractivity contribution in [2.45, 2.75) is 6.54 Å². The molecule has 1 aliphatic heterocycles. The molecular weight excluding hydrogens is 320 g/mol. The Morgan fingerprint density at radius 1 is 1.20 bits per heavy atom. The van der Waals surface area contributed by atoms with Crippen LogP contribution in [0.3, 0.4) is 0 Å². The van der Waals surface area contributed by atoms with E-state index in [-0.39, 0.29) is 12.7 Å². The van der Waals surface area contributed by atoms with Crippen molar-refractivity contribution in [1.29, 1.82) is 0 Å². The molecule has 0 radical (unpaired) electrons. The van der Waals surface area contributed by atoms with Crippen molar-refractivity contribution < 1.29 is 14.3 Å². The number of nitrogens with one attached hydrogen (secondary N) is 1. The molecule has 0 saturated heterocycles. The van der Waals surface area contributed by atoms with E-state index in [9.17, 15) is 4.79 Å². The molecule has 0 aliphatic carbocycles. The van der Waals surface area contributed by atoms with Gasteiger partial charge in [-0.05, 0) is 36.4 Å². The van der Waals surface area contributed by atoms with Crippen LogP contribution in [0.5, 0.6) is 11.5 Å². The van der Waals surface area contributed by atoms with Crippen molar-refractivity contribution >= 4 is 5.91 Å². The van der Waals surface area contributed by atoms with E-state index in [1.54, 1.807) is 29.1 Å². The van der Waals surface area contributed by atoms with Crippen LogP contribution in [-0.2, 0) is 13.6 Å². The minimum Gasteiger partial charge on any atom is -0.454 e. The number of amides is 1. The molecule has 126 valence electrons. The fraction of sp³-hybridized carbons (Fsp3) is 0.167. The molecular formula is C18H16N4O3. The number of fused-ring (bicyclic) bond motifs is 1. The van der Waals surface area contributed by atoms with Crippen LogP contribution < -0.4 is 14.8 Å². The summed E-state index contributed by atoms with van der Waals surface area (Å²) in [5.41, 5.74) is 3.01. The fourth-order valence-corrected chi connectivity index (χ4v) is 2.68. The number of benzene rings is 1. The average Bonchev–Trinajstić information content (AvgIpc) is 3.26. The number of aryl methyl sites for hydroxylation is 1. The first kappa shape index (κ1) is 15.2. The molecule has 4 rings (SSSR count). The molecule has 0 fully saturated rings. The van der Waals surface area contributed by atoms with Crippen LogP contribution in [0.25, 0.3) is 11.4 Å². The van der Waals surface area contributed by atoms with Gasteiger partial charge in [0, 0.05) is 18.8 Å². The minimum atomic E-state index is -0.191. The molecule has 25 heavy (non-hydrogen) atoms. The highest BCUT2D eigenvalue weighted by Gasteiger charge is 2.16. The second-order valence-corrected chi connectivity index (χ2v) is 5.61. The van der Waals surface area contributed by atoms with Crippen LogP contribution in [-0.4, -0.2) is 27.5 Å². The average molecular weight is 336 g/mol. The maximum Gasteiger partial charge on any atom is 0.251 e. The van der Waals surface area contributed by atoms with E-state index in [4.69, 9.17) is 9.47 Å². The predicted molar refractivity (Wildman–Crippen MR) is 90.2 cm³/mol. The first-order valence-electron chi connectivity index (χ1n) is 7.83. The maximum atomic E-state index is 12.3. The zero-order chi connectivity index (χ0) is 17.2. The van der Waals surface area contributed by atoms with Gasteiger partial charge in [-0.2, -0.15) is 5.10 Å². The standard InChI is InChI=1S/C18H16N4O3/c1-22-15(14-4-2-3-7-19-14)9-13(21-22)10-20-18(23)12-5-6-16-17(8-12)25-11-24-16/h2-9H,10-11H2,1H3,(H,20,23). The topological polar surface area (TPSA) is 78.3 Å². The smallest absolute Gasteiger partial charge is 0.251 e. The van der Waals surface area contributed by atoms with Gasteiger partial charge >= 0.3 is 0 Å². The number of ether oxygens (including phenoxy) is 2. The van der Waals surface area contributed by atoms with Crippen molar-refractivity contribution in [3.63, 3.8) is 0 Å². The third-order valence-electron chi connectivity index (χ3n) is 3.92. The summed E-state index contributed by atoms with van der Waals surface area (Å²) >= 11 is 0. The van der Waals surface area contributed by atoms with E-state index < -0.39 is 0 Å². The number of nitrogens with zero attached hydrogens (tertiary/aromatic N) is 3. The van der Waals surface area contributed by atoms with E-state index in [0.29, 0.717) is 23.6 Å². The number of carbonyl (C=O) groups excluding carboxylic acids is 1. The maximum absolute atomic E-state index is 12.3. The summed E-state index contributed by atoms with van der Waals surface area (Å²) in [7, 11) is 1.85. The Bertz CT molecular complexity index is 921. The number of pyridine rings is 1. The largest absolute Gasteiger partial charge is 0.454 e. The van der Waals surface area contributed by atoms with Crippen molar-refractivity contribution in [1.82, 2.24) is 20.1 Å². The van der Waals surface area contributed by atoms with Gasteiger partial charge in [0.25, 0.3) is 5.91 Å². The molecule has 1 aromatic carbocycles. The summed E-state index contributed by atoms with van der Waals surface area (Å²) in [5.74, 6) is 1.05. The molecule has 3 aromatic rings. The molecule has 0 unspecified atom stereocenters. The Kier molecular flexibility index (Phi) is 3.81. The van der Waals surface area contributed by atoms with Crippen LogP contribution >= 0.6 is 0 Å². The van der Waals surface area contributed by atoms with Crippen LogP contribution in [0.4, 0.5) is 0 Å². The second-order valence-electron chi connectivity index (χ2n) is 5.61. The summed E-state index contributed by atoms with van der Waals surface area (Å²) in [6.45, 7) is 0.512. The molecule has 2 aromatic heterocycles. The number of hydrogen-bond donors (Lipinski definition) is 1. The van der Waals surface area contributed by atoms with Gasteiger partial charge in [0.15, 0.2) is 11.5 Å². The van der Waals surface area contributed by atoms with Crippen molar-refractivity contribution in [2.24, 2.45) is 7.05 Å². The lowest BCUT2D eigenvalue weighted by Crippen LogP contribution is -2.23. The van der Waals surface area contributed by atoms with Gasteiger partial charge in [-0.25, -0.2) is 0 Å². The molecule has 0 atom stereocenters. The van der Waals surface area contributed by atoms with Gasteiger partial charge in [0.05, 0.1) is 23.6 Å². The summed E-state index contributed by atoms with van der Waals surface area (Å²) in [5, 5.41) is 7.29. The SMILES string of the molecule is Cn1nc(CNC(=O)c2ccc3c(c2)OCO3)cc1-c1ccccn1. The molecule has 1 amide bonds. The summed E-state index contributed by atoms with van der Waals surface area (Å²) in [6.07, 6.45) is 1.74. The molecule has 1 N–H and O–H groups in total. The highest BCUT2D eigenvalue weighted by molar-refractivity contribution is 5.94. The lowest BCUT2D eigenvalue weighted by Gasteiger charge is -2.04. The molecule has 0 spiro atoms. The van der Waals surface area contributed by atoms with Gasteiger partial charge < -0.3 is 14.8 Å². The van der Waals surface area contributed by atoms with Gasteiger partial charge in [-0.1, -0.05) is 6.07 Å². The van der Waals surface area contributed by atoms with Gasteiger partial charge in [0.2, 0.25) is 6.79 Å². The fourth-order valence-electron chi connectivity index (χ4n) is 2.68. The summed E-state index contributed by atoms with van der Waals surface area (Å²) in [6, 6.07) is 12.8. The van der Waals surface area contributed by atoms with Gasteiger partial charge in [-0.3, -0.25) is 14.5 Å². The summed E-state index contributed by atoms with van der Waals surface area (Å²) in [4.78, 5) is 16.7. The Labute approximate surface area is 144 Å². The quantitative estimate of drug-likeness (QED) is 0.790. The van der Waals surface area contributed by atoms with Gasteiger partial charge in [-0.15, -0.1) is 0 Å². The normalized spacial score (nSPS) is 12.2. The first-order valence-corrected chi connectivity index (χ1v) is 7.83. The van der Waals surface area contributed by atoms with Crippen molar-refractivity contribution in [3.05, 3.63) is 59.9 Å². The Morgan fingerprint density at radius 3 is 2.92 bits per heavy atom. The highest BCUT2D eigenvalue weighted by Crippen LogP contribution is 2.32. The van der Waals surface area contributed by atoms with Gasteiger partial charge in [0.1, 0.15) is 0 Å². The first-order chi connectivity index (χ1) is 12.2. The molecule has 0 saturated carbocycles. The van der Waals surface area contributed by atoms with Crippen molar-refractivity contribution in [2.75, 3.05) is 6.79 Å².